The molecule has 0 aliphatic carbocycles. The van der Waals surface area contributed by atoms with E-state index in [1.807, 2.05) is 12.4 Å². The van der Waals surface area contributed by atoms with Crippen LogP contribution in [0.15, 0.2) is 28.0 Å². The van der Waals surface area contributed by atoms with Crippen molar-refractivity contribution in [3.05, 3.63) is 45.5 Å². The lowest BCUT2D eigenvalue weighted by atomic mass is 10.1. The van der Waals surface area contributed by atoms with Crippen molar-refractivity contribution in [2.24, 2.45) is 0 Å². The Morgan fingerprint density at radius 3 is 2.78 bits per heavy atom. The van der Waals surface area contributed by atoms with E-state index in [2.05, 4.69) is 23.0 Å². The smallest absolute Gasteiger partial charge is 0.373 e. The van der Waals surface area contributed by atoms with Crippen LogP contribution in [-0.2, 0) is 4.74 Å². The molecule has 0 aliphatic heterocycles. The van der Waals surface area contributed by atoms with Gasteiger partial charge in [0.1, 0.15) is 11.8 Å². The molecule has 4 nitrogen and oxygen atoms in total. The lowest BCUT2D eigenvalue weighted by Crippen LogP contribution is -2.16. The lowest BCUT2D eigenvalue weighted by molar-refractivity contribution is 0.0562. The highest BCUT2D eigenvalue weighted by Gasteiger charge is 2.21. The highest BCUT2D eigenvalue weighted by atomic mass is 32.1. The number of methoxy groups -OCH3 is 1. The summed E-state index contributed by atoms with van der Waals surface area (Å²) in [5, 5.41) is 5.24. The van der Waals surface area contributed by atoms with E-state index in [0.717, 1.165) is 0 Å². The molecule has 0 spiro atoms. The molecule has 0 aromatic carbocycles. The highest BCUT2D eigenvalue weighted by molar-refractivity contribution is 7.10. The van der Waals surface area contributed by atoms with Gasteiger partial charge < -0.3 is 14.5 Å². The van der Waals surface area contributed by atoms with E-state index < -0.39 is 5.97 Å². The van der Waals surface area contributed by atoms with Gasteiger partial charge in [0, 0.05) is 4.88 Å². The predicted molar refractivity (Wildman–Crippen MR) is 70.0 cm³/mol. The summed E-state index contributed by atoms with van der Waals surface area (Å²) in [6, 6.07) is 5.46. The monoisotopic (exact) mass is 265 g/mol. The number of hydrogen-bond donors (Lipinski definition) is 1. The number of hydrogen-bond acceptors (Lipinski definition) is 5. The van der Waals surface area contributed by atoms with Gasteiger partial charge in [-0.05, 0) is 43.1 Å². The first-order valence-electron chi connectivity index (χ1n) is 5.56. The Kier molecular flexibility index (Phi) is 3.84. The molecule has 0 bridgehead atoms. The average molecular weight is 265 g/mol. The van der Waals surface area contributed by atoms with E-state index in [4.69, 9.17) is 4.42 Å². The molecule has 18 heavy (non-hydrogen) atoms. The van der Waals surface area contributed by atoms with E-state index in [9.17, 15) is 4.79 Å². The molecule has 0 amide bonds. The van der Waals surface area contributed by atoms with Gasteiger partial charge in [-0.1, -0.05) is 0 Å². The van der Waals surface area contributed by atoms with Crippen LogP contribution >= 0.6 is 11.3 Å². The van der Waals surface area contributed by atoms with E-state index in [1.165, 1.54) is 17.6 Å². The summed E-state index contributed by atoms with van der Waals surface area (Å²) in [5.41, 5.74) is 1.20. The Labute approximate surface area is 110 Å². The Hall–Kier alpha value is -1.59. The highest BCUT2D eigenvalue weighted by Crippen LogP contribution is 2.30. The van der Waals surface area contributed by atoms with Gasteiger partial charge in [-0.3, -0.25) is 0 Å². The van der Waals surface area contributed by atoms with Crippen LogP contribution in [0.1, 0.15) is 32.8 Å². The molecule has 2 heterocycles. The fourth-order valence-electron chi connectivity index (χ4n) is 1.80. The zero-order valence-electron chi connectivity index (χ0n) is 10.5. The van der Waals surface area contributed by atoms with E-state index in [0.29, 0.717) is 5.76 Å². The van der Waals surface area contributed by atoms with Gasteiger partial charge in [0.2, 0.25) is 5.76 Å². The number of thiophene rings is 1. The molecule has 0 saturated heterocycles. The fraction of sp³-hybridized carbons (Fsp3) is 0.308. The van der Waals surface area contributed by atoms with Gasteiger partial charge in [0.05, 0.1) is 7.11 Å². The molecule has 1 atom stereocenters. The minimum atomic E-state index is -0.459. The van der Waals surface area contributed by atoms with Gasteiger partial charge in [-0.25, -0.2) is 4.79 Å². The second-order valence-electron chi connectivity index (χ2n) is 3.88. The number of aryl methyl sites for hydroxylation is 1. The molecule has 1 N–H and O–H groups in total. The van der Waals surface area contributed by atoms with Crippen molar-refractivity contribution >= 4 is 17.3 Å². The maximum Gasteiger partial charge on any atom is 0.373 e. The Balaban J connectivity index is 2.31. The van der Waals surface area contributed by atoms with E-state index in [-0.39, 0.29) is 11.8 Å². The molecule has 0 fully saturated rings. The largest absolute Gasteiger partial charge is 0.463 e. The summed E-state index contributed by atoms with van der Waals surface area (Å²) in [6.07, 6.45) is 0. The molecule has 5 heteroatoms. The third-order valence-electron chi connectivity index (χ3n) is 2.75. The lowest BCUT2D eigenvalue weighted by Gasteiger charge is -2.13. The Bertz CT molecular complexity index is 544. The van der Waals surface area contributed by atoms with Crippen molar-refractivity contribution in [3.8, 4) is 0 Å². The molecule has 2 aromatic rings. The first kappa shape index (κ1) is 12.9. The third-order valence-corrected chi connectivity index (χ3v) is 3.83. The maximum atomic E-state index is 11.4. The van der Waals surface area contributed by atoms with Crippen molar-refractivity contribution in [1.82, 2.24) is 5.32 Å². The zero-order valence-corrected chi connectivity index (χ0v) is 11.3. The maximum absolute atomic E-state index is 11.4. The quantitative estimate of drug-likeness (QED) is 0.864. The summed E-state index contributed by atoms with van der Waals surface area (Å²) >= 11 is 1.66. The number of carbonyl (C=O) groups excluding carboxylic acids is 1. The molecule has 0 aliphatic rings. The summed E-state index contributed by atoms with van der Waals surface area (Å²) in [6.45, 7) is 2.06. The van der Waals surface area contributed by atoms with Crippen molar-refractivity contribution in [3.63, 3.8) is 0 Å². The first-order valence-corrected chi connectivity index (χ1v) is 6.44. The molecule has 2 rings (SSSR count). The Morgan fingerprint density at radius 2 is 2.22 bits per heavy atom. The first-order chi connectivity index (χ1) is 8.67. The number of esters is 1. The SMILES string of the molecule is CNC(c1ccc(C(=O)OC)o1)c1sccc1C. The minimum Gasteiger partial charge on any atom is -0.463 e. The van der Waals surface area contributed by atoms with E-state index >= 15 is 0 Å². The van der Waals surface area contributed by atoms with Crippen LogP contribution < -0.4 is 5.32 Å². The van der Waals surface area contributed by atoms with Gasteiger partial charge in [0.15, 0.2) is 0 Å². The number of furan rings is 1. The average Bonchev–Trinajstić information content (AvgIpc) is 3.00. The minimum absolute atomic E-state index is 0.0385. The van der Waals surface area contributed by atoms with Crippen LogP contribution in [0.3, 0.4) is 0 Å². The molecule has 0 radical (unpaired) electrons. The standard InChI is InChI=1S/C13H15NO3S/c1-8-6-7-18-12(8)11(14-2)9-4-5-10(17-9)13(15)16-3/h4-7,11,14H,1-3H3. The van der Waals surface area contributed by atoms with Crippen LogP contribution in [0, 0.1) is 6.92 Å². The topological polar surface area (TPSA) is 51.5 Å². The molecular weight excluding hydrogens is 250 g/mol. The number of rotatable bonds is 4. The van der Waals surface area contributed by atoms with Gasteiger partial charge in [-0.2, -0.15) is 0 Å². The number of nitrogens with one attached hydrogen (secondary N) is 1. The van der Waals surface area contributed by atoms with Crippen LogP contribution in [0.5, 0.6) is 0 Å². The van der Waals surface area contributed by atoms with Crippen molar-refractivity contribution in [2.45, 2.75) is 13.0 Å². The predicted octanol–water partition coefficient (Wildman–Crippen LogP) is 2.74. The second-order valence-corrected chi connectivity index (χ2v) is 4.83. The Morgan fingerprint density at radius 1 is 1.44 bits per heavy atom. The van der Waals surface area contributed by atoms with Crippen LogP contribution in [0.4, 0.5) is 0 Å². The second kappa shape index (κ2) is 5.37. The molecule has 2 aromatic heterocycles. The molecule has 1 unspecified atom stereocenters. The van der Waals surface area contributed by atoms with Crippen molar-refractivity contribution in [2.75, 3.05) is 14.2 Å². The molecular formula is C13H15NO3S. The zero-order chi connectivity index (χ0) is 13.1. The van der Waals surface area contributed by atoms with Gasteiger partial charge in [0.25, 0.3) is 0 Å². The normalized spacial score (nSPS) is 12.4. The summed E-state index contributed by atoms with van der Waals surface area (Å²) in [4.78, 5) is 12.5. The van der Waals surface area contributed by atoms with Gasteiger partial charge >= 0.3 is 5.97 Å². The van der Waals surface area contributed by atoms with Crippen molar-refractivity contribution in [1.29, 1.82) is 0 Å². The van der Waals surface area contributed by atoms with E-state index in [1.54, 1.807) is 23.5 Å². The van der Waals surface area contributed by atoms with Crippen LogP contribution in [0.2, 0.25) is 0 Å². The summed E-state index contributed by atoms with van der Waals surface area (Å²) in [7, 11) is 3.20. The summed E-state index contributed by atoms with van der Waals surface area (Å²) < 4.78 is 10.2. The number of carbonyl (C=O) groups is 1. The van der Waals surface area contributed by atoms with Crippen molar-refractivity contribution < 1.29 is 13.9 Å². The van der Waals surface area contributed by atoms with Crippen LogP contribution in [-0.4, -0.2) is 20.1 Å². The fourth-order valence-corrected chi connectivity index (χ4v) is 2.84. The molecule has 96 valence electrons. The number of ether oxygens (including phenoxy) is 1. The van der Waals surface area contributed by atoms with Crippen LogP contribution in [0.25, 0.3) is 0 Å². The summed E-state index contributed by atoms with van der Waals surface area (Å²) in [5.74, 6) is 0.476. The van der Waals surface area contributed by atoms with Gasteiger partial charge in [-0.15, -0.1) is 11.3 Å². The third kappa shape index (κ3) is 2.32. The molecule has 0 saturated carbocycles.